The van der Waals surface area contributed by atoms with E-state index in [-0.39, 0.29) is 0 Å². The van der Waals surface area contributed by atoms with E-state index in [4.69, 9.17) is 5.11 Å². The van der Waals surface area contributed by atoms with E-state index >= 15 is 0 Å². The molecule has 0 bridgehead atoms. The lowest BCUT2D eigenvalue weighted by atomic mass is 10.1. The predicted molar refractivity (Wildman–Crippen MR) is 84.9 cm³/mol. The number of nitrogens with one attached hydrogen (secondary N) is 1. The van der Waals surface area contributed by atoms with Gasteiger partial charge in [0.15, 0.2) is 0 Å². The fraction of sp³-hybridized carbons (Fsp3) is 0.733. The number of hydrogen-bond donors (Lipinski definition) is 2. The summed E-state index contributed by atoms with van der Waals surface area (Å²) in [6.45, 7) is 4.80. The average molecular weight is 298 g/mol. The van der Waals surface area contributed by atoms with Crippen molar-refractivity contribution in [3.05, 3.63) is 11.3 Å². The molecule has 0 amide bonds. The van der Waals surface area contributed by atoms with E-state index in [1.54, 1.807) is 6.92 Å². The van der Waals surface area contributed by atoms with Crippen molar-refractivity contribution in [2.24, 2.45) is 0 Å². The molecular weight excluding hydrogens is 272 g/mol. The SMILES string of the molecule is CCCCCCCCCCNc1snc(C)c1C(=O)O. The van der Waals surface area contributed by atoms with Crippen LogP contribution in [0.3, 0.4) is 0 Å². The number of aromatic carboxylic acids is 1. The minimum absolute atomic E-state index is 0.328. The summed E-state index contributed by atoms with van der Waals surface area (Å²) < 4.78 is 4.09. The minimum Gasteiger partial charge on any atom is -0.478 e. The number of carbonyl (C=O) groups is 1. The third-order valence-electron chi connectivity index (χ3n) is 3.39. The van der Waals surface area contributed by atoms with Crippen LogP contribution < -0.4 is 5.32 Å². The summed E-state index contributed by atoms with van der Waals surface area (Å²) in [6, 6.07) is 0. The molecule has 114 valence electrons. The van der Waals surface area contributed by atoms with Crippen molar-refractivity contribution in [2.75, 3.05) is 11.9 Å². The Balaban J connectivity index is 2.11. The molecule has 1 aromatic rings. The molecule has 0 saturated carbocycles. The largest absolute Gasteiger partial charge is 0.478 e. The number of carboxylic acids is 1. The summed E-state index contributed by atoms with van der Waals surface area (Å²) >= 11 is 1.24. The lowest BCUT2D eigenvalue weighted by Crippen LogP contribution is -2.06. The third kappa shape index (κ3) is 5.90. The van der Waals surface area contributed by atoms with Gasteiger partial charge >= 0.3 is 5.97 Å². The minimum atomic E-state index is -0.894. The summed E-state index contributed by atoms with van der Waals surface area (Å²) in [4.78, 5) is 11.1. The van der Waals surface area contributed by atoms with Crippen LogP contribution >= 0.6 is 11.5 Å². The van der Waals surface area contributed by atoms with E-state index < -0.39 is 5.97 Å². The van der Waals surface area contributed by atoms with Gasteiger partial charge in [-0.15, -0.1) is 0 Å². The number of anilines is 1. The van der Waals surface area contributed by atoms with Gasteiger partial charge in [-0.2, -0.15) is 4.37 Å². The number of unbranched alkanes of at least 4 members (excludes halogenated alkanes) is 7. The van der Waals surface area contributed by atoms with Gasteiger partial charge in [0, 0.05) is 6.54 Å². The highest BCUT2D eigenvalue weighted by atomic mass is 32.1. The van der Waals surface area contributed by atoms with Gasteiger partial charge in [0.1, 0.15) is 10.6 Å². The van der Waals surface area contributed by atoms with Crippen molar-refractivity contribution >= 4 is 22.5 Å². The summed E-state index contributed by atoms with van der Waals surface area (Å²) in [5, 5.41) is 13.0. The molecule has 0 aromatic carbocycles. The third-order valence-corrected chi connectivity index (χ3v) is 4.29. The summed E-state index contributed by atoms with van der Waals surface area (Å²) in [5.41, 5.74) is 0.926. The highest BCUT2D eigenvalue weighted by molar-refractivity contribution is 7.10. The van der Waals surface area contributed by atoms with Crippen LogP contribution in [0.5, 0.6) is 0 Å². The van der Waals surface area contributed by atoms with Gasteiger partial charge < -0.3 is 10.4 Å². The van der Waals surface area contributed by atoms with Crippen LogP contribution in [-0.2, 0) is 0 Å². The number of aryl methyl sites for hydroxylation is 1. The molecule has 1 heterocycles. The van der Waals surface area contributed by atoms with Crippen LogP contribution in [0.1, 0.15) is 74.3 Å². The Morgan fingerprint density at radius 2 is 1.75 bits per heavy atom. The highest BCUT2D eigenvalue weighted by Crippen LogP contribution is 2.24. The van der Waals surface area contributed by atoms with Crippen LogP contribution in [0.2, 0.25) is 0 Å². The molecule has 0 unspecified atom stereocenters. The van der Waals surface area contributed by atoms with Gasteiger partial charge in [0.25, 0.3) is 0 Å². The van der Waals surface area contributed by atoms with E-state index in [1.165, 1.54) is 56.5 Å². The molecule has 0 fully saturated rings. The quantitative estimate of drug-likeness (QED) is 0.581. The molecule has 0 radical (unpaired) electrons. The standard InChI is InChI=1S/C15H26N2O2S/c1-3-4-5-6-7-8-9-10-11-16-14-13(15(18)19)12(2)17-20-14/h16H,3-11H2,1-2H3,(H,18,19). The molecule has 0 saturated heterocycles. The van der Waals surface area contributed by atoms with Crippen LogP contribution in [0.15, 0.2) is 0 Å². The second kappa shape index (κ2) is 9.75. The Morgan fingerprint density at radius 1 is 1.15 bits per heavy atom. The average Bonchev–Trinajstić information content (AvgIpc) is 2.78. The normalized spacial score (nSPS) is 10.7. The smallest absolute Gasteiger partial charge is 0.340 e. The van der Waals surface area contributed by atoms with E-state index in [1.807, 2.05) is 0 Å². The van der Waals surface area contributed by atoms with Crippen LogP contribution in [0.4, 0.5) is 5.00 Å². The van der Waals surface area contributed by atoms with Gasteiger partial charge in [-0.1, -0.05) is 51.9 Å². The van der Waals surface area contributed by atoms with Crippen LogP contribution in [-0.4, -0.2) is 22.0 Å². The Hall–Kier alpha value is -1.10. The monoisotopic (exact) mass is 298 g/mol. The second-order valence-corrected chi connectivity index (χ2v) is 5.95. The predicted octanol–water partition coefficient (Wildman–Crippen LogP) is 4.70. The maximum Gasteiger partial charge on any atom is 0.340 e. The summed E-state index contributed by atoms with van der Waals surface area (Å²) in [7, 11) is 0. The van der Waals surface area contributed by atoms with Crippen LogP contribution in [0.25, 0.3) is 0 Å². The van der Waals surface area contributed by atoms with Gasteiger partial charge in [0.2, 0.25) is 0 Å². The Kier molecular flexibility index (Phi) is 8.26. The summed E-state index contributed by atoms with van der Waals surface area (Å²) in [6.07, 6.45) is 10.2. The molecule has 1 rings (SSSR count). The maximum atomic E-state index is 11.1. The number of rotatable bonds is 11. The van der Waals surface area contributed by atoms with Crippen LogP contribution in [0, 0.1) is 6.92 Å². The highest BCUT2D eigenvalue weighted by Gasteiger charge is 2.16. The van der Waals surface area contributed by atoms with Crippen molar-refractivity contribution in [1.82, 2.24) is 4.37 Å². The Morgan fingerprint density at radius 3 is 2.35 bits per heavy atom. The zero-order valence-corrected chi connectivity index (χ0v) is 13.4. The molecule has 0 aliphatic carbocycles. The fourth-order valence-electron chi connectivity index (χ4n) is 2.20. The van der Waals surface area contributed by atoms with E-state index in [0.717, 1.165) is 13.0 Å². The molecule has 0 aliphatic heterocycles. The first-order chi connectivity index (χ1) is 9.66. The lowest BCUT2D eigenvalue weighted by Gasteiger charge is -2.05. The van der Waals surface area contributed by atoms with Crippen molar-refractivity contribution in [1.29, 1.82) is 0 Å². The van der Waals surface area contributed by atoms with Gasteiger partial charge in [0.05, 0.1) is 5.69 Å². The first-order valence-corrected chi connectivity index (χ1v) is 8.37. The molecule has 4 nitrogen and oxygen atoms in total. The van der Waals surface area contributed by atoms with Crippen molar-refractivity contribution in [3.8, 4) is 0 Å². The molecule has 1 aromatic heterocycles. The zero-order valence-electron chi connectivity index (χ0n) is 12.6. The van der Waals surface area contributed by atoms with Gasteiger partial charge in [-0.05, 0) is 24.9 Å². The molecule has 2 N–H and O–H groups in total. The van der Waals surface area contributed by atoms with Crippen molar-refractivity contribution in [2.45, 2.75) is 65.2 Å². The van der Waals surface area contributed by atoms with Crippen molar-refractivity contribution in [3.63, 3.8) is 0 Å². The van der Waals surface area contributed by atoms with E-state index in [0.29, 0.717) is 16.3 Å². The van der Waals surface area contributed by atoms with E-state index in [2.05, 4.69) is 16.6 Å². The Bertz CT molecular complexity index is 405. The lowest BCUT2D eigenvalue weighted by molar-refractivity contribution is 0.0697. The number of carboxylic acid groups (broad SMARTS) is 1. The van der Waals surface area contributed by atoms with Gasteiger partial charge in [-0.3, -0.25) is 0 Å². The molecule has 0 spiro atoms. The fourth-order valence-corrected chi connectivity index (χ4v) is 3.02. The zero-order chi connectivity index (χ0) is 14.8. The maximum absolute atomic E-state index is 11.1. The van der Waals surface area contributed by atoms with Gasteiger partial charge in [-0.25, -0.2) is 4.79 Å². The number of hydrogen-bond acceptors (Lipinski definition) is 4. The Labute approximate surface area is 125 Å². The first kappa shape index (κ1) is 17.0. The first-order valence-electron chi connectivity index (χ1n) is 7.60. The van der Waals surface area contributed by atoms with E-state index in [9.17, 15) is 4.79 Å². The molecule has 0 aliphatic rings. The topological polar surface area (TPSA) is 62.2 Å². The molecule has 20 heavy (non-hydrogen) atoms. The molecule has 5 heteroatoms. The molecular formula is C15H26N2O2S. The molecule has 0 atom stereocenters. The summed E-state index contributed by atoms with van der Waals surface area (Å²) in [5.74, 6) is -0.894. The number of nitrogens with zero attached hydrogens (tertiary/aromatic N) is 1. The van der Waals surface area contributed by atoms with Crippen molar-refractivity contribution < 1.29 is 9.90 Å². The second-order valence-electron chi connectivity index (χ2n) is 5.18. The number of aromatic nitrogens is 1.